The van der Waals surface area contributed by atoms with Crippen LogP contribution in [0.25, 0.3) is 0 Å². The summed E-state index contributed by atoms with van der Waals surface area (Å²) in [6, 6.07) is 13.0. The van der Waals surface area contributed by atoms with Gasteiger partial charge in [-0.25, -0.2) is 0 Å². The molecule has 0 saturated heterocycles. The van der Waals surface area contributed by atoms with E-state index in [-0.39, 0.29) is 30.0 Å². The molecule has 11 N–H and O–H groups in total. The lowest BCUT2D eigenvalue weighted by Gasteiger charge is -2.32. The van der Waals surface area contributed by atoms with Gasteiger partial charge in [-0.1, -0.05) is 71.6 Å². The molecule has 2 aromatic carbocycles. The van der Waals surface area contributed by atoms with E-state index < -0.39 is 29.8 Å². The van der Waals surface area contributed by atoms with Gasteiger partial charge in [0, 0.05) is 16.6 Å². The van der Waals surface area contributed by atoms with Crippen molar-refractivity contribution < 1.29 is 14.4 Å². The van der Waals surface area contributed by atoms with Crippen LogP contribution in [0.3, 0.4) is 0 Å². The Labute approximate surface area is 254 Å². The maximum atomic E-state index is 14.0. The molecule has 0 spiro atoms. The molecular weight excluding hydrogens is 600 g/mol. The molecule has 11 nitrogen and oxygen atoms in total. The van der Waals surface area contributed by atoms with Crippen LogP contribution in [0.4, 0.5) is 0 Å². The standard InChI is InChI=1S/C30H41BrN8O3/c31-22-14-12-19(13-15-22)23(17-18-8-10-21(11-9-18)26(32)33)28(41)39-25(20-5-2-1-3-6-20)29(42)38-24(27(34)40)7-4-16-37-30(35)36/h8-15,20,23-25H,1-7,16-17H2,(H3,32,33)(H2,34,40)(H,38,42)(H,39,41)(H4,35,36,37)/t23?,24-,25-/m0/s1. The molecule has 3 amide bonds. The second-order valence-corrected chi connectivity index (χ2v) is 11.7. The largest absolute Gasteiger partial charge is 0.384 e. The first kappa shape index (κ1) is 32.6. The van der Waals surface area contributed by atoms with E-state index in [0.717, 1.165) is 47.7 Å². The van der Waals surface area contributed by atoms with Crippen LogP contribution in [0, 0.1) is 16.7 Å². The SMILES string of the molecule is N=C(N)NCCC[C@H](NC(=O)[C@@H](NC(=O)C(Cc1ccc(C(=N)N)cc1)c1ccc(Br)cc1)C1CCCCC1)C(N)=O. The number of hydrogen-bond acceptors (Lipinski definition) is 5. The Morgan fingerprint density at radius 3 is 2.10 bits per heavy atom. The average molecular weight is 642 g/mol. The number of amides is 3. The summed E-state index contributed by atoms with van der Waals surface area (Å²) in [6.07, 6.45) is 5.67. The third-order valence-corrected chi connectivity index (χ3v) is 8.17. The van der Waals surface area contributed by atoms with Crippen molar-refractivity contribution in [3.05, 3.63) is 69.7 Å². The monoisotopic (exact) mass is 640 g/mol. The predicted molar refractivity (Wildman–Crippen MR) is 167 cm³/mol. The third kappa shape index (κ3) is 9.86. The lowest BCUT2D eigenvalue weighted by molar-refractivity contribution is -0.133. The molecule has 1 fully saturated rings. The molecule has 2 aromatic rings. The van der Waals surface area contributed by atoms with Gasteiger partial charge in [0.2, 0.25) is 17.7 Å². The number of carbonyl (C=O) groups is 3. The molecule has 1 unspecified atom stereocenters. The van der Waals surface area contributed by atoms with Gasteiger partial charge in [-0.3, -0.25) is 25.2 Å². The molecule has 3 atom stereocenters. The van der Waals surface area contributed by atoms with E-state index in [4.69, 9.17) is 28.0 Å². The third-order valence-electron chi connectivity index (χ3n) is 7.64. The van der Waals surface area contributed by atoms with Gasteiger partial charge in [0.25, 0.3) is 0 Å². The van der Waals surface area contributed by atoms with Crippen LogP contribution in [-0.4, -0.2) is 48.1 Å². The highest BCUT2D eigenvalue weighted by atomic mass is 79.9. The van der Waals surface area contributed by atoms with E-state index in [1.807, 2.05) is 36.4 Å². The number of carbonyl (C=O) groups excluding carboxylic acids is 3. The second kappa shape index (κ2) is 15.9. The number of primary amides is 1. The Morgan fingerprint density at radius 1 is 0.881 bits per heavy atom. The number of benzene rings is 2. The van der Waals surface area contributed by atoms with E-state index in [2.05, 4.69) is 31.9 Å². The van der Waals surface area contributed by atoms with Crippen molar-refractivity contribution in [2.24, 2.45) is 23.1 Å². The molecule has 12 heteroatoms. The number of rotatable bonds is 14. The fourth-order valence-electron chi connectivity index (χ4n) is 5.31. The number of nitrogens with one attached hydrogen (secondary N) is 5. The Morgan fingerprint density at radius 2 is 1.52 bits per heavy atom. The molecule has 0 aliphatic heterocycles. The van der Waals surface area contributed by atoms with Crippen LogP contribution in [0.1, 0.15) is 67.6 Å². The van der Waals surface area contributed by atoms with Crippen LogP contribution in [0.2, 0.25) is 0 Å². The van der Waals surface area contributed by atoms with Gasteiger partial charge in [0.15, 0.2) is 5.96 Å². The molecule has 0 heterocycles. The van der Waals surface area contributed by atoms with E-state index in [0.29, 0.717) is 24.9 Å². The molecular formula is C30H41BrN8O3. The van der Waals surface area contributed by atoms with Gasteiger partial charge >= 0.3 is 0 Å². The first-order valence-electron chi connectivity index (χ1n) is 14.2. The second-order valence-electron chi connectivity index (χ2n) is 10.7. The fraction of sp³-hybridized carbons (Fsp3) is 0.433. The number of nitrogens with two attached hydrogens (primary N) is 3. The maximum Gasteiger partial charge on any atom is 0.243 e. The summed E-state index contributed by atoms with van der Waals surface area (Å²) in [4.78, 5) is 39.8. The van der Waals surface area contributed by atoms with Gasteiger partial charge in [-0.15, -0.1) is 0 Å². The number of amidine groups is 1. The highest BCUT2D eigenvalue weighted by Gasteiger charge is 2.35. The van der Waals surface area contributed by atoms with Crippen molar-refractivity contribution in [2.75, 3.05) is 6.54 Å². The summed E-state index contributed by atoms with van der Waals surface area (Å²) < 4.78 is 0.881. The van der Waals surface area contributed by atoms with Crippen molar-refractivity contribution >= 4 is 45.4 Å². The average Bonchev–Trinajstić information content (AvgIpc) is 2.97. The molecule has 42 heavy (non-hydrogen) atoms. The lowest BCUT2D eigenvalue weighted by Crippen LogP contribution is -2.56. The smallest absolute Gasteiger partial charge is 0.243 e. The molecule has 226 valence electrons. The fourth-order valence-corrected chi connectivity index (χ4v) is 5.57. The van der Waals surface area contributed by atoms with Crippen molar-refractivity contribution in [3.63, 3.8) is 0 Å². The van der Waals surface area contributed by atoms with E-state index in [1.165, 1.54) is 0 Å². The number of hydrogen-bond donors (Lipinski definition) is 8. The van der Waals surface area contributed by atoms with Crippen LogP contribution >= 0.6 is 15.9 Å². The molecule has 0 bridgehead atoms. The van der Waals surface area contributed by atoms with Gasteiger partial charge in [-0.05, 0) is 61.3 Å². The van der Waals surface area contributed by atoms with Gasteiger partial charge in [0.05, 0.1) is 5.92 Å². The minimum atomic E-state index is -0.920. The summed E-state index contributed by atoms with van der Waals surface area (Å²) in [5.74, 6) is -2.26. The van der Waals surface area contributed by atoms with Crippen LogP contribution in [0.15, 0.2) is 53.0 Å². The molecule has 1 aliphatic rings. The van der Waals surface area contributed by atoms with Gasteiger partial charge in [-0.2, -0.15) is 0 Å². The lowest BCUT2D eigenvalue weighted by atomic mass is 9.82. The minimum Gasteiger partial charge on any atom is -0.384 e. The zero-order valence-electron chi connectivity index (χ0n) is 23.6. The van der Waals surface area contributed by atoms with Gasteiger partial charge in [0.1, 0.15) is 17.9 Å². The number of guanidine groups is 1. The zero-order chi connectivity index (χ0) is 30.6. The molecule has 1 saturated carbocycles. The normalized spacial score (nSPS) is 15.5. The van der Waals surface area contributed by atoms with Crippen molar-refractivity contribution in [1.82, 2.24) is 16.0 Å². The highest BCUT2D eigenvalue weighted by molar-refractivity contribution is 9.10. The van der Waals surface area contributed by atoms with Crippen molar-refractivity contribution in [2.45, 2.75) is 69.4 Å². The molecule has 0 radical (unpaired) electrons. The predicted octanol–water partition coefficient (Wildman–Crippen LogP) is 2.36. The zero-order valence-corrected chi connectivity index (χ0v) is 25.2. The Kier molecular flexibility index (Phi) is 12.3. The number of halogens is 1. The molecule has 1 aliphatic carbocycles. The summed E-state index contributed by atoms with van der Waals surface area (Å²) in [5, 5.41) is 23.4. The Bertz CT molecular complexity index is 1250. The van der Waals surface area contributed by atoms with E-state index in [1.54, 1.807) is 12.1 Å². The Hall–Kier alpha value is -3.93. The van der Waals surface area contributed by atoms with Crippen LogP contribution in [0.5, 0.6) is 0 Å². The molecule has 0 aromatic heterocycles. The van der Waals surface area contributed by atoms with E-state index >= 15 is 0 Å². The van der Waals surface area contributed by atoms with Gasteiger partial charge < -0.3 is 33.2 Å². The summed E-state index contributed by atoms with van der Waals surface area (Å²) >= 11 is 3.45. The van der Waals surface area contributed by atoms with Crippen molar-refractivity contribution in [3.8, 4) is 0 Å². The molecule has 3 rings (SSSR count). The first-order valence-corrected chi connectivity index (χ1v) is 15.0. The topological polar surface area (TPSA) is 213 Å². The Balaban J connectivity index is 1.83. The van der Waals surface area contributed by atoms with Crippen LogP contribution in [-0.2, 0) is 20.8 Å². The van der Waals surface area contributed by atoms with E-state index in [9.17, 15) is 14.4 Å². The summed E-state index contributed by atoms with van der Waals surface area (Å²) in [5.41, 5.74) is 18.8. The quantitative estimate of drug-likeness (QED) is 0.0880. The maximum absolute atomic E-state index is 14.0. The number of nitrogen functional groups attached to an aromatic ring is 1. The summed E-state index contributed by atoms with van der Waals surface area (Å²) in [7, 11) is 0. The highest BCUT2D eigenvalue weighted by Crippen LogP contribution is 2.29. The van der Waals surface area contributed by atoms with Crippen molar-refractivity contribution in [1.29, 1.82) is 10.8 Å². The summed E-state index contributed by atoms with van der Waals surface area (Å²) in [6.45, 7) is 0.361. The first-order chi connectivity index (χ1) is 20.0. The van der Waals surface area contributed by atoms with Crippen LogP contribution < -0.4 is 33.2 Å². The minimum absolute atomic E-state index is 0.0329.